The predicted octanol–water partition coefficient (Wildman–Crippen LogP) is 0.375. The lowest BCUT2D eigenvalue weighted by Gasteiger charge is -2.06. The molecule has 1 rings (SSSR count). The fourth-order valence-corrected chi connectivity index (χ4v) is 1.23. The van der Waals surface area contributed by atoms with Crippen LogP contribution in [0.4, 0.5) is 0 Å². The van der Waals surface area contributed by atoms with Gasteiger partial charge in [0, 0.05) is 25.5 Å². The van der Waals surface area contributed by atoms with Crippen LogP contribution in [-0.2, 0) is 13.1 Å². The molecule has 0 aliphatic heterocycles. The molecule has 0 amide bonds. The van der Waals surface area contributed by atoms with Crippen LogP contribution in [0.3, 0.4) is 0 Å². The minimum absolute atomic E-state index is 0.175. The van der Waals surface area contributed by atoms with Crippen LogP contribution in [0.1, 0.15) is 19.2 Å². The van der Waals surface area contributed by atoms with E-state index in [1.807, 2.05) is 12.4 Å². The van der Waals surface area contributed by atoms with Crippen LogP contribution < -0.4 is 5.32 Å². The van der Waals surface area contributed by atoms with Crippen molar-refractivity contribution in [3.8, 4) is 0 Å². The first-order valence-corrected chi connectivity index (χ1v) is 4.70. The minimum Gasteiger partial charge on any atom is -0.395 e. The summed E-state index contributed by atoms with van der Waals surface area (Å²) in [6, 6.07) is 0. The molecule has 0 radical (unpaired) electrons. The average Bonchev–Trinajstić information content (AvgIpc) is 2.54. The fraction of sp³-hybridized carbons (Fsp3) is 0.667. The fourth-order valence-electron chi connectivity index (χ4n) is 1.23. The second-order valence-corrected chi connectivity index (χ2v) is 2.94. The van der Waals surface area contributed by atoms with Crippen LogP contribution >= 0.6 is 0 Å². The Balaban J connectivity index is 2.40. The first kappa shape index (κ1) is 10.2. The smallest absolute Gasteiger partial charge is 0.122 e. The third-order valence-electron chi connectivity index (χ3n) is 1.84. The van der Waals surface area contributed by atoms with Crippen molar-refractivity contribution in [3.63, 3.8) is 0 Å². The van der Waals surface area contributed by atoms with Crippen molar-refractivity contribution in [1.29, 1.82) is 0 Å². The van der Waals surface area contributed by atoms with Gasteiger partial charge in [0.25, 0.3) is 0 Å². The maximum absolute atomic E-state index is 8.58. The summed E-state index contributed by atoms with van der Waals surface area (Å²) in [5.41, 5.74) is 0. The number of nitrogens with one attached hydrogen (secondary N) is 1. The maximum atomic E-state index is 8.58. The third-order valence-corrected chi connectivity index (χ3v) is 1.84. The van der Waals surface area contributed by atoms with Crippen molar-refractivity contribution in [2.24, 2.45) is 0 Å². The molecule has 13 heavy (non-hydrogen) atoms. The lowest BCUT2D eigenvalue weighted by atomic mass is 10.4. The van der Waals surface area contributed by atoms with Crippen LogP contribution in [0.5, 0.6) is 0 Å². The number of rotatable bonds is 6. The highest BCUT2D eigenvalue weighted by Gasteiger charge is 1.99. The zero-order chi connectivity index (χ0) is 9.52. The summed E-state index contributed by atoms with van der Waals surface area (Å²) in [5, 5.41) is 11.7. The molecule has 0 bridgehead atoms. The van der Waals surface area contributed by atoms with E-state index in [9.17, 15) is 0 Å². The Labute approximate surface area is 78.6 Å². The number of hydrogen-bond donors (Lipinski definition) is 2. The van der Waals surface area contributed by atoms with Gasteiger partial charge in [0.05, 0.1) is 13.2 Å². The molecule has 4 heteroatoms. The molecule has 2 N–H and O–H groups in total. The highest BCUT2D eigenvalue weighted by molar-refractivity contribution is 4.91. The Morgan fingerprint density at radius 2 is 2.46 bits per heavy atom. The SMILES string of the molecule is CCCn1ccnc1CNCCO. The average molecular weight is 183 g/mol. The van der Waals surface area contributed by atoms with Crippen molar-refractivity contribution in [2.45, 2.75) is 26.4 Å². The number of aryl methyl sites for hydroxylation is 1. The number of aliphatic hydroxyl groups is 1. The van der Waals surface area contributed by atoms with Crippen molar-refractivity contribution in [1.82, 2.24) is 14.9 Å². The Morgan fingerprint density at radius 3 is 3.15 bits per heavy atom. The molecule has 0 aliphatic rings. The van der Waals surface area contributed by atoms with Gasteiger partial charge in [-0.25, -0.2) is 4.98 Å². The van der Waals surface area contributed by atoms with Gasteiger partial charge >= 0.3 is 0 Å². The topological polar surface area (TPSA) is 50.1 Å². The van der Waals surface area contributed by atoms with Crippen molar-refractivity contribution in [2.75, 3.05) is 13.2 Å². The molecule has 0 saturated heterocycles. The normalized spacial score (nSPS) is 10.6. The van der Waals surface area contributed by atoms with Gasteiger partial charge in [0.15, 0.2) is 0 Å². The summed E-state index contributed by atoms with van der Waals surface area (Å²) in [6.45, 7) is 4.68. The molecule has 0 fully saturated rings. The highest BCUT2D eigenvalue weighted by Crippen LogP contribution is 1.98. The summed E-state index contributed by atoms with van der Waals surface area (Å²) in [6.07, 6.45) is 4.91. The summed E-state index contributed by atoms with van der Waals surface area (Å²) in [4.78, 5) is 4.23. The molecular weight excluding hydrogens is 166 g/mol. The Kier molecular flexibility index (Phi) is 4.49. The molecule has 1 aromatic rings. The van der Waals surface area contributed by atoms with Gasteiger partial charge in [-0.15, -0.1) is 0 Å². The Morgan fingerprint density at radius 1 is 1.62 bits per heavy atom. The number of hydrogen-bond acceptors (Lipinski definition) is 3. The zero-order valence-corrected chi connectivity index (χ0v) is 8.03. The van der Waals surface area contributed by atoms with E-state index in [4.69, 9.17) is 5.11 Å². The number of aliphatic hydroxyl groups excluding tert-OH is 1. The predicted molar refractivity (Wildman–Crippen MR) is 51.3 cm³/mol. The molecule has 1 heterocycles. The third kappa shape index (κ3) is 3.16. The van der Waals surface area contributed by atoms with Gasteiger partial charge < -0.3 is 15.0 Å². The monoisotopic (exact) mass is 183 g/mol. The molecular formula is C9H17N3O. The van der Waals surface area contributed by atoms with Crippen molar-refractivity contribution >= 4 is 0 Å². The standard InChI is InChI=1S/C9H17N3O/c1-2-5-12-6-3-11-9(12)8-10-4-7-13/h3,6,10,13H,2,4-5,7-8H2,1H3. The van der Waals surface area contributed by atoms with E-state index in [-0.39, 0.29) is 6.61 Å². The molecule has 0 atom stereocenters. The van der Waals surface area contributed by atoms with Crippen LogP contribution in [0, 0.1) is 0 Å². The number of aromatic nitrogens is 2. The second kappa shape index (κ2) is 5.72. The van der Waals surface area contributed by atoms with Crippen LogP contribution in [0.25, 0.3) is 0 Å². The van der Waals surface area contributed by atoms with Crippen LogP contribution in [0.15, 0.2) is 12.4 Å². The van der Waals surface area contributed by atoms with Crippen LogP contribution in [-0.4, -0.2) is 27.8 Å². The molecule has 1 aromatic heterocycles. The van der Waals surface area contributed by atoms with Gasteiger partial charge in [-0.05, 0) is 6.42 Å². The van der Waals surface area contributed by atoms with Crippen molar-refractivity contribution in [3.05, 3.63) is 18.2 Å². The van der Waals surface area contributed by atoms with E-state index >= 15 is 0 Å². The first-order valence-electron chi connectivity index (χ1n) is 4.70. The van der Waals surface area contributed by atoms with Gasteiger partial charge in [0.2, 0.25) is 0 Å². The van der Waals surface area contributed by atoms with E-state index in [1.54, 1.807) is 0 Å². The molecule has 0 spiro atoms. The number of nitrogens with zero attached hydrogens (tertiary/aromatic N) is 2. The van der Waals surface area contributed by atoms with E-state index in [0.29, 0.717) is 6.54 Å². The van der Waals surface area contributed by atoms with Gasteiger partial charge in [-0.3, -0.25) is 0 Å². The first-order chi connectivity index (χ1) is 6.38. The van der Waals surface area contributed by atoms with E-state index in [1.165, 1.54) is 0 Å². The number of imidazole rings is 1. The Bertz CT molecular complexity index is 235. The van der Waals surface area contributed by atoms with Gasteiger partial charge in [-0.1, -0.05) is 6.92 Å². The second-order valence-electron chi connectivity index (χ2n) is 2.94. The molecule has 74 valence electrons. The highest BCUT2D eigenvalue weighted by atomic mass is 16.3. The van der Waals surface area contributed by atoms with Gasteiger partial charge in [-0.2, -0.15) is 0 Å². The molecule has 0 aliphatic carbocycles. The van der Waals surface area contributed by atoms with E-state index in [0.717, 1.165) is 25.3 Å². The molecule has 0 aromatic carbocycles. The molecule has 0 saturated carbocycles. The minimum atomic E-state index is 0.175. The summed E-state index contributed by atoms with van der Waals surface area (Å²) in [7, 11) is 0. The molecule has 4 nitrogen and oxygen atoms in total. The van der Waals surface area contributed by atoms with Gasteiger partial charge in [0.1, 0.15) is 5.82 Å². The lowest BCUT2D eigenvalue weighted by molar-refractivity contribution is 0.291. The maximum Gasteiger partial charge on any atom is 0.122 e. The quantitative estimate of drug-likeness (QED) is 0.627. The summed E-state index contributed by atoms with van der Waals surface area (Å²) in [5.74, 6) is 1.04. The van der Waals surface area contributed by atoms with Crippen LogP contribution in [0.2, 0.25) is 0 Å². The molecule has 0 unspecified atom stereocenters. The van der Waals surface area contributed by atoms with Crippen molar-refractivity contribution < 1.29 is 5.11 Å². The van der Waals surface area contributed by atoms with E-state index < -0.39 is 0 Å². The van der Waals surface area contributed by atoms with E-state index in [2.05, 4.69) is 21.8 Å². The lowest BCUT2D eigenvalue weighted by Crippen LogP contribution is -2.20. The largest absolute Gasteiger partial charge is 0.395 e. The Hall–Kier alpha value is -0.870. The zero-order valence-electron chi connectivity index (χ0n) is 8.03. The summed E-state index contributed by atoms with van der Waals surface area (Å²) >= 11 is 0. The summed E-state index contributed by atoms with van der Waals surface area (Å²) < 4.78 is 2.13.